The van der Waals surface area contributed by atoms with E-state index in [9.17, 15) is 4.79 Å². The molecule has 0 saturated heterocycles. The molecule has 0 fully saturated rings. The Morgan fingerprint density at radius 1 is 1.50 bits per heavy atom. The van der Waals surface area contributed by atoms with Crippen molar-refractivity contribution < 1.29 is 14.6 Å². The molecule has 0 aromatic rings. The topological polar surface area (TPSA) is 46.5 Å². The zero-order chi connectivity index (χ0) is 9.07. The van der Waals surface area contributed by atoms with Crippen LogP contribution in [0.1, 0.15) is 34.1 Å². The summed E-state index contributed by atoms with van der Waals surface area (Å²) in [5.74, 6) is -0.542. The van der Waals surface area contributed by atoms with E-state index < -0.39 is 17.7 Å². The van der Waals surface area contributed by atoms with Crippen LogP contribution in [0, 0.1) is 0 Å². The van der Waals surface area contributed by atoms with Crippen LogP contribution >= 0.6 is 12.4 Å². The van der Waals surface area contributed by atoms with Gasteiger partial charge in [0.25, 0.3) is 0 Å². The Hall–Kier alpha value is -0.280. The van der Waals surface area contributed by atoms with E-state index in [1.165, 1.54) is 0 Å². The van der Waals surface area contributed by atoms with Crippen LogP contribution in [-0.4, -0.2) is 22.8 Å². The quantitative estimate of drug-likeness (QED) is 0.682. The minimum Gasteiger partial charge on any atom is -0.458 e. The molecular formula is C8H17ClO3. The monoisotopic (exact) mass is 196 g/mol. The number of carbonyl (C=O) groups excluding carboxylic acids is 1. The van der Waals surface area contributed by atoms with Crippen LogP contribution in [0.4, 0.5) is 0 Å². The molecule has 0 radical (unpaired) electrons. The van der Waals surface area contributed by atoms with Crippen molar-refractivity contribution in [2.24, 2.45) is 0 Å². The van der Waals surface area contributed by atoms with E-state index in [0.717, 1.165) is 0 Å². The minimum atomic E-state index is -0.978. The summed E-state index contributed by atoms with van der Waals surface area (Å²) in [6, 6.07) is 0. The van der Waals surface area contributed by atoms with Crippen LogP contribution in [0.2, 0.25) is 0 Å². The van der Waals surface area contributed by atoms with Gasteiger partial charge in [0.05, 0.1) is 0 Å². The second-order valence-electron chi connectivity index (χ2n) is 3.46. The fourth-order valence-electron chi connectivity index (χ4n) is 0.536. The minimum absolute atomic E-state index is 0. The van der Waals surface area contributed by atoms with Crippen LogP contribution in [0.15, 0.2) is 0 Å². The maximum atomic E-state index is 10.9. The molecule has 0 aliphatic carbocycles. The van der Waals surface area contributed by atoms with Gasteiger partial charge in [0.15, 0.2) is 6.10 Å². The average molecular weight is 197 g/mol. The first-order valence-corrected chi connectivity index (χ1v) is 3.77. The zero-order valence-electron chi connectivity index (χ0n) is 7.96. The third kappa shape index (κ3) is 6.43. The van der Waals surface area contributed by atoms with Gasteiger partial charge >= 0.3 is 5.97 Å². The first-order valence-electron chi connectivity index (χ1n) is 3.77. The number of rotatable bonds is 2. The maximum Gasteiger partial charge on any atom is 0.335 e. The highest BCUT2D eigenvalue weighted by Gasteiger charge is 2.21. The highest BCUT2D eigenvalue weighted by Crippen LogP contribution is 2.09. The molecule has 0 aliphatic rings. The number of hydrogen-bond donors (Lipinski definition) is 1. The molecule has 0 bridgehead atoms. The Kier molecular flexibility index (Phi) is 6.39. The van der Waals surface area contributed by atoms with Crippen LogP contribution < -0.4 is 0 Å². The number of hydrogen-bond acceptors (Lipinski definition) is 3. The summed E-state index contributed by atoms with van der Waals surface area (Å²) in [6.45, 7) is 7.04. The fourth-order valence-corrected chi connectivity index (χ4v) is 0.536. The largest absolute Gasteiger partial charge is 0.458 e. The molecule has 0 rings (SSSR count). The Bertz CT molecular complexity index is 140. The summed E-state index contributed by atoms with van der Waals surface area (Å²) in [6.07, 6.45) is -0.580. The van der Waals surface area contributed by atoms with Gasteiger partial charge in [-0.2, -0.15) is 0 Å². The summed E-state index contributed by atoms with van der Waals surface area (Å²) in [5, 5.41) is 9.02. The van der Waals surface area contributed by atoms with Crippen molar-refractivity contribution in [3.63, 3.8) is 0 Å². The zero-order valence-corrected chi connectivity index (χ0v) is 8.77. The summed E-state index contributed by atoms with van der Waals surface area (Å²) >= 11 is 0. The van der Waals surface area contributed by atoms with Crippen molar-refractivity contribution in [2.45, 2.75) is 45.8 Å². The molecule has 1 N–H and O–H groups in total. The Balaban J connectivity index is 0. The van der Waals surface area contributed by atoms with Gasteiger partial charge in [0.2, 0.25) is 0 Å². The number of ether oxygens (including phenoxy) is 1. The van der Waals surface area contributed by atoms with Crippen molar-refractivity contribution in [1.29, 1.82) is 0 Å². The lowest BCUT2D eigenvalue weighted by Gasteiger charge is -2.21. The molecule has 74 valence electrons. The highest BCUT2D eigenvalue weighted by atomic mass is 35.5. The van der Waals surface area contributed by atoms with Gasteiger partial charge < -0.3 is 9.84 Å². The molecule has 0 heterocycles. The van der Waals surface area contributed by atoms with Crippen molar-refractivity contribution in [3.05, 3.63) is 0 Å². The molecule has 1 unspecified atom stereocenters. The van der Waals surface area contributed by atoms with E-state index in [-0.39, 0.29) is 12.4 Å². The first-order chi connectivity index (χ1) is 4.87. The van der Waals surface area contributed by atoms with Gasteiger partial charge in [0.1, 0.15) is 5.60 Å². The summed E-state index contributed by atoms with van der Waals surface area (Å²) in [5.41, 5.74) is -0.507. The predicted octanol–water partition coefficient (Wildman–Crippen LogP) is 1.52. The van der Waals surface area contributed by atoms with E-state index in [1.54, 1.807) is 27.7 Å². The van der Waals surface area contributed by atoms with Crippen molar-refractivity contribution in [1.82, 2.24) is 0 Å². The van der Waals surface area contributed by atoms with Gasteiger partial charge in [-0.25, -0.2) is 4.79 Å². The number of esters is 1. The molecule has 0 aromatic carbocycles. The van der Waals surface area contributed by atoms with E-state index in [0.29, 0.717) is 6.42 Å². The molecule has 1 atom stereocenters. The second kappa shape index (κ2) is 5.38. The van der Waals surface area contributed by atoms with E-state index in [2.05, 4.69) is 0 Å². The van der Waals surface area contributed by atoms with Crippen LogP contribution in [-0.2, 0) is 9.53 Å². The van der Waals surface area contributed by atoms with Gasteiger partial charge in [-0.05, 0) is 27.2 Å². The standard InChI is InChI=1S/C8H16O3.ClH/c1-5-6(9)7(10)11-8(2,3)4;/h6,9H,5H2,1-4H3;1H. The summed E-state index contributed by atoms with van der Waals surface area (Å²) in [7, 11) is 0. The molecule has 12 heavy (non-hydrogen) atoms. The summed E-state index contributed by atoms with van der Waals surface area (Å²) < 4.78 is 4.90. The van der Waals surface area contributed by atoms with Crippen molar-refractivity contribution >= 4 is 18.4 Å². The van der Waals surface area contributed by atoms with Crippen molar-refractivity contribution in [3.8, 4) is 0 Å². The van der Waals surface area contributed by atoms with Crippen LogP contribution in [0.25, 0.3) is 0 Å². The molecule has 3 nitrogen and oxygen atoms in total. The van der Waals surface area contributed by atoms with Gasteiger partial charge in [-0.3, -0.25) is 0 Å². The molecule has 0 saturated carbocycles. The first kappa shape index (κ1) is 14.3. The Morgan fingerprint density at radius 3 is 2.17 bits per heavy atom. The number of carbonyl (C=O) groups is 1. The fraction of sp³-hybridized carbons (Fsp3) is 0.875. The van der Waals surface area contributed by atoms with Gasteiger partial charge in [0, 0.05) is 0 Å². The Morgan fingerprint density at radius 2 is 1.92 bits per heavy atom. The highest BCUT2D eigenvalue weighted by molar-refractivity contribution is 5.85. The van der Waals surface area contributed by atoms with Crippen LogP contribution in [0.5, 0.6) is 0 Å². The average Bonchev–Trinajstić information content (AvgIpc) is 1.82. The lowest BCUT2D eigenvalue weighted by Crippen LogP contribution is -2.31. The molecule has 0 aliphatic heterocycles. The molecule has 4 heteroatoms. The number of aliphatic hydroxyl groups excluding tert-OH is 1. The molecule has 0 amide bonds. The molecule has 0 spiro atoms. The Labute approximate surface area is 79.5 Å². The molecule has 0 aromatic heterocycles. The predicted molar refractivity (Wildman–Crippen MR) is 49.4 cm³/mol. The molecular weight excluding hydrogens is 180 g/mol. The maximum absolute atomic E-state index is 10.9. The van der Waals surface area contributed by atoms with E-state index in [1.807, 2.05) is 0 Å². The van der Waals surface area contributed by atoms with E-state index in [4.69, 9.17) is 9.84 Å². The number of aliphatic hydroxyl groups is 1. The normalized spacial score (nSPS) is 13.1. The van der Waals surface area contributed by atoms with Gasteiger partial charge in [-0.1, -0.05) is 6.92 Å². The SMILES string of the molecule is CCC(O)C(=O)OC(C)(C)C.Cl. The van der Waals surface area contributed by atoms with Crippen LogP contribution in [0.3, 0.4) is 0 Å². The lowest BCUT2D eigenvalue weighted by molar-refractivity contribution is -0.165. The van der Waals surface area contributed by atoms with Crippen molar-refractivity contribution in [2.75, 3.05) is 0 Å². The van der Waals surface area contributed by atoms with E-state index >= 15 is 0 Å². The van der Waals surface area contributed by atoms with Gasteiger partial charge in [-0.15, -0.1) is 12.4 Å². The number of halogens is 1. The smallest absolute Gasteiger partial charge is 0.335 e. The second-order valence-corrected chi connectivity index (χ2v) is 3.46. The summed E-state index contributed by atoms with van der Waals surface area (Å²) in [4.78, 5) is 10.9. The third-order valence-corrected chi connectivity index (χ3v) is 1.07. The third-order valence-electron chi connectivity index (χ3n) is 1.07. The lowest BCUT2D eigenvalue weighted by atomic mass is 10.2.